The molecule has 3 aliphatic rings. The van der Waals surface area contributed by atoms with Crippen LogP contribution >= 0.6 is 11.3 Å². The molecule has 174 valence electrons. The number of thiazole rings is 1. The van der Waals surface area contributed by atoms with E-state index in [4.69, 9.17) is 10.1 Å². The molecule has 2 aromatic heterocycles. The van der Waals surface area contributed by atoms with Crippen LogP contribution in [-0.4, -0.2) is 58.6 Å². The molecular weight excluding hydrogens is 456 g/mol. The number of likely N-dealkylation sites (tertiary alicyclic amines) is 1. The number of carbonyl (C=O) groups is 1. The number of benzene rings is 1. The van der Waals surface area contributed by atoms with Crippen LogP contribution < -0.4 is 0 Å². The first-order chi connectivity index (χ1) is 16.0. The van der Waals surface area contributed by atoms with Crippen LogP contribution in [0.2, 0.25) is 0 Å². The van der Waals surface area contributed by atoms with Gasteiger partial charge in [0.15, 0.2) is 15.5 Å². The van der Waals surface area contributed by atoms with Crippen LogP contribution in [-0.2, 0) is 22.7 Å². The van der Waals surface area contributed by atoms with Gasteiger partial charge in [-0.1, -0.05) is 12.1 Å². The predicted octanol–water partition coefficient (Wildman–Crippen LogP) is 3.75. The van der Waals surface area contributed by atoms with Gasteiger partial charge >= 0.3 is 0 Å². The van der Waals surface area contributed by atoms with Gasteiger partial charge in [0, 0.05) is 30.3 Å². The zero-order chi connectivity index (χ0) is 22.6. The van der Waals surface area contributed by atoms with Crippen molar-refractivity contribution in [1.29, 1.82) is 0 Å². The van der Waals surface area contributed by atoms with Crippen molar-refractivity contribution in [2.75, 3.05) is 24.6 Å². The Morgan fingerprint density at radius 3 is 2.61 bits per heavy atom. The molecule has 0 spiro atoms. The average Bonchev–Trinajstić information content (AvgIpc) is 3.53. The van der Waals surface area contributed by atoms with Gasteiger partial charge in [0.25, 0.3) is 5.91 Å². The maximum absolute atomic E-state index is 13.5. The van der Waals surface area contributed by atoms with E-state index in [-0.39, 0.29) is 23.5 Å². The van der Waals surface area contributed by atoms with E-state index in [1.807, 2.05) is 21.7 Å². The van der Waals surface area contributed by atoms with Crippen LogP contribution in [0.4, 0.5) is 0 Å². The predicted molar refractivity (Wildman–Crippen MR) is 129 cm³/mol. The number of para-hydroxylation sites is 1. The first-order valence-corrected chi connectivity index (χ1v) is 14.6. The highest BCUT2D eigenvalue weighted by molar-refractivity contribution is 7.91. The third-order valence-electron chi connectivity index (χ3n) is 7.41. The summed E-state index contributed by atoms with van der Waals surface area (Å²) >= 11 is 1.77. The van der Waals surface area contributed by atoms with Crippen LogP contribution in [0.5, 0.6) is 0 Å². The lowest BCUT2D eigenvalue weighted by atomic mass is 9.94. The van der Waals surface area contributed by atoms with Gasteiger partial charge in [-0.2, -0.15) is 5.10 Å². The first-order valence-electron chi connectivity index (χ1n) is 11.9. The molecule has 9 heteroatoms. The van der Waals surface area contributed by atoms with Gasteiger partial charge in [-0.15, -0.1) is 11.3 Å². The molecule has 1 atom stereocenters. The minimum atomic E-state index is -3.01. The Hall–Kier alpha value is -2.26. The standard InChI is InChI=1S/C24H28N4O3S2/c29-24(27-12-9-16(10-13-27)23-25-19-6-2-4-8-21(19)32-23)22-18-5-1-3-7-20(18)28(26-22)17-11-14-33(30,31)15-17/h2,4,6,8,16-17H,1,3,5,7,9-15H2. The highest BCUT2D eigenvalue weighted by Gasteiger charge is 2.36. The van der Waals surface area contributed by atoms with E-state index in [2.05, 4.69) is 12.1 Å². The Morgan fingerprint density at radius 1 is 1.06 bits per heavy atom. The summed E-state index contributed by atoms with van der Waals surface area (Å²) in [6.45, 7) is 1.41. The van der Waals surface area contributed by atoms with Crippen LogP contribution in [0.25, 0.3) is 10.2 Å². The summed E-state index contributed by atoms with van der Waals surface area (Å²) in [6.07, 6.45) is 6.28. The Labute approximate surface area is 197 Å². The van der Waals surface area contributed by atoms with Crippen molar-refractivity contribution in [2.24, 2.45) is 0 Å². The number of sulfone groups is 1. The molecule has 7 nitrogen and oxygen atoms in total. The summed E-state index contributed by atoms with van der Waals surface area (Å²) in [5.74, 6) is 0.758. The second-order valence-corrected chi connectivity index (χ2v) is 12.9. The summed E-state index contributed by atoms with van der Waals surface area (Å²) < 4.78 is 27.2. The molecule has 0 saturated carbocycles. The van der Waals surface area contributed by atoms with Crippen molar-refractivity contribution in [3.8, 4) is 0 Å². The quantitative estimate of drug-likeness (QED) is 0.565. The summed E-state index contributed by atoms with van der Waals surface area (Å²) in [5.41, 5.74) is 3.77. The average molecular weight is 485 g/mol. The fraction of sp³-hybridized carbons (Fsp3) is 0.542. The van der Waals surface area contributed by atoms with Crippen molar-refractivity contribution < 1.29 is 13.2 Å². The smallest absolute Gasteiger partial charge is 0.274 e. The van der Waals surface area contributed by atoms with E-state index < -0.39 is 9.84 Å². The lowest BCUT2D eigenvalue weighted by Gasteiger charge is -2.31. The fourth-order valence-corrected chi connectivity index (χ4v) is 8.44. The van der Waals surface area contributed by atoms with E-state index >= 15 is 0 Å². The lowest BCUT2D eigenvalue weighted by Crippen LogP contribution is -2.38. The van der Waals surface area contributed by atoms with E-state index in [1.54, 1.807) is 11.3 Å². The molecule has 0 N–H and O–H groups in total. The highest BCUT2D eigenvalue weighted by atomic mass is 32.2. The minimum absolute atomic E-state index is 0.00973. The molecule has 33 heavy (non-hydrogen) atoms. The Balaban J connectivity index is 1.21. The largest absolute Gasteiger partial charge is 0.337 e. The zero-order valence-electron chi connectivity index (χ0n) is 18.6. The molecule has 3 aromatic rings. The monoisotopic (exact) mass is 484 g/mol. The molecule has 2 aliphatic heterocycles. The van der Waals surface area contributed by atoms with Gasteiger partial charge in [-0.25, -0.2) is 13.4 Å². The molecule has 2 saturated heterocycles. The molecule has 0 bridgehead atoms. The molecule has 1 unspecified atom stereocenters. The molecule has 4 heterocycles. The number of piperidine rings is 1. The third-order valence-corrected chi connectivity index (χ3v) is 10.4. The molecule has 1 aliphatic carbocycles. The molecular formula is C24H28N4O3S2. The van der Waals surface area contributed by atoms with Crippen molar-refractivity contribution in [1.82, 2.24) is 19.7 Å². The fourth-order valence-electron chi connectivity index (χ4n) is 5.61. The molecule has 1 amide bonds. The van der Waals surface area contributed by atoms with Crippen molar-refractivity contribution in [2.45, 2.75) is 56.9 Å². The van der Waals surface area contributed by atoms with Crippen molar-refractivity contribution in [3.05, 3.63) is 46.2 Å². The maximum Gasteiger partial charge on any atom is 0.274 e. The number of nitrogens with zero attached hydrogens (tertiary/aromatic N) is 4. The highest BCUT2D eigenvalue weighted by Crippen LogP contribution is 2.35. The lowest BCUT2D eigenvalue weighted by molar-refractivity contribution is 0.0704. The molecule has 0 radical (unpaired) electrons. The van der Waals surface area contributed by atoms with Gasteiger partial charge in [-0.05, 0) is 57.1 Å². The molecule has 2 fully saturated rings. The summed E-state index contributed by atoms with van der Waals surface area (Å²) in [7, 11) is -3.01. The van der Waals surface area contributed by atoms with Crippen LogP contribution in [0.1, 0.15) is 70.8 Å². The van der Waals surface area contributed by atoms with Crippen molar-refractivity contribution >= 4 is 37.3 Å². The number of carbonyl (C=O) groups excluding carboxylic acids is 1. The molecule has 6 rings (SSSR count). The van der Waals surface area contributed by atoms with Gasteiger partial charge in [0.2, 0.25) is 0 Å². The van der Waals surface area contributed by atoms with Gasteiger partial charge in [-0.3, -0.25) is 9.48 Å². The Kier molecular flexibility index (Phi) is 5.29. The van der Waals surface area contributed by atoms with Gasteiger partial charge < -0.3 is 4.90 Å². The van der Waals surface area contributed by atoms with E-state index in [1.165, 1.54) is 9.71 Å². The topological polar surface area (TPSA) is 85.2 Å². The van der Waals surface area contributed by atoms with Crippen LogP contribution in [0.3, 0.4) is 0 Å². The van der Waals surface area contributed by atoms with Gasteiger partial charge in [0.05, 0.1) is 32.8 Å². The number of fused-ring (bicyclic) bond motifs is 2. The SMILES string of the molecule is O=C(c1nn(C2CCS(=O)(=O)C2)c2c1CCCC2)N1CCC(c2nc3ccccc3s2)CC1. The summed E-state index contributed by atoms with van der Waals surface area (Å²) in [4.78, 5) is 20.3. The number of aromatic nitrogens is 3. The normalized spacial score (nSPS) is 23.2. The number of amides is 1. The van der Waals surface area contributed by atoms with E-state index in [9.17, 15) is 13.2 Å². The van der Waals surface area contributed by atoms with E-state index in [0.717, 1.165) is 55.3 Å². The Morgan fingerprint density at radius 2 is 1.85 bits per heavy atom. The second-order valence-electron chi connectivity index (χ2n) is 9.57. The van der Waals surface area contributed by atoms with Gasteiger partial charge in [0.1, 0.15) is 0 Å². The number of hydrogen-bond donors (Lipinski definition) is 0. The van der Waals surface area contributed by atoms with Crippen molar-refractivity contribution in [3.63, 3.8) is 0 Å². The van der Waals surface area contributed by atoms with Crippen LogP contribution in [0, 0.1) is 0 Å². The summed E-state index contributed by atoms with van der Waals surface area (Å²) in [6, 6.07) is 8.11. The number of hydrogen-bond acceptors (Lipinski definition) is 6. The zero-order valence-corrected chi connectivity index (χ0v) is 20.2. The Bertz CT molecular complexity index is 1290. The first kappa shape index (κ1) is 21.3. The van der Waals surface area contributed by atoms with Crippen LogP contribution in [0.15, 0.2) is 24.3 Å². The second kappa shape index (κ2) is 8.20. The minimum Gasteiger partial charge on any atom is -0.337 e. The third kappa shape index (κ3) is 3.89. The molecule has 1 aromatic carbocycles. The summed E-state index contributed by atoms with van der Waals surface area (Å²) in [5, 5.41) is 5.94. The van der Waals surface area contributed by atoms with E-state index in [0.29, 0.717) is 31.1 Å². The number of rotatable bonds is 3. The maximum atomic E-state index is 13.5.